The molecule has 0 aliphatic carbocycles. The Bertz CT molecular complexity index is 254. The Morgan fingerprint density at radius 2 is 1.40 bits per heavy atom. The van der Waals surface area contributed by atoms with E-state index in [0.29, 0.717) is 6.54 Å². The SMILES string of the molecule is CC(C)(C)c1ccc(CN)cc1.CCC. The molecule has 0 unspecified atom stereocenters. The smallest absolute Gasteiger partial charge is 0.0178 e. The van der Waals surface area contributed by atoms with Crippen LogP contribution >= 0.6 is 0 Å². The third-order valence-corrected chi connectivity index (χ3v) is 2.06. The van der Waals surface area contributed by atoms with E-state index >= 15 is 0 Å². The maximum atomic E-state index is 5.51. The zero-order valence-corrected chi connectivity index (χ0v) is 10.8. The predicted molar refractivity (Wildman–Crippen MR) is 69.0 cm³/mol. The first-order chi connectivity index (χ1) is 6.95. The topological polar surface area (TPSA) is 26.0 Å². The summed E-state index contributed by atoms with van der Waals surface area (Å²) in [7, 11) is 0. The van der Waals surface area contributed by atoms with E-state index in [2.05, 4.69) is 58.9 Å². The van der Waals surface area contributed by atoms with E-state index in [1.165, 1.54) is 17.5 Å². The van der Waals surface area contributed by atoms with Crippen LogP contribution < -0.4 is 5.73 Å². The number of benzene rings is 1. The number of hydrogen-bond acceptors (Lipinski definition) is 1. The Labute approximate surface area is 94.7 Å². The van der Waals surface area contributed by atoms with Gasteiger partial charge in [0.25, 0.3) is 0 Å². The van der Waals surface area contributed by atoms with Crippen LogP contribution in [0.2, 0.25) is 0 Å². The average molecular weight is 207 g/mol. The number of hydrogen-bond donors (Lipinski definition) is 1. The van der Waals surface area contributed by atoms with Crippen LogP contribution in [0.3, 0.4) is 0 Å². The highest BCUT2D eigenvalue weighted by Gasteiger charge is 2.12. The van der Waals surface area contributed by atoms with Gasteiger partial charge in [-0.1, -0.05) is 65.3 Å². The first kappa shape index (κ1) is 14.2. The molecule has 0 fully saturated rings. The summed E-state index contributed by atoms with van der Waals surface area (Å²) in [6.45, 7) is 11.5. The van der Waals surface area contributed by atoms with Crippen LogP contribution in [0, 0.1) is 0 Å². The van der Waals surface area contributed by atoms with Gasteiger partial charge in [0.15, 0.2) is 0 Å². The fourth-order valence-electron chi connectivity index (χ4n) is 1.14. The summed E-state index contributed by atoms with van der Waals surface area (Å²) in [5, 5.41) is 0. The summed E-state index contributed by atoms with van der Waals surface area (Å²) in [5.41, 5.74) is 8.31. The molecule has 0 spiro atoms. The van der Waals surface area contributed by atoms with Crippen LogP contribution in [0.4, 0.5) is 0 Å². The number of nitrogens with two attached hydrogens (primary N) is 1. The molecule has 86 valence electrons. The summed E-state index contributed by atoms with van der Waals surface area (Å²) in [5.74, 6) is 0. The van der Waals surface area contributed by atoms with E-state index < -0.39 is 0 Å². The van der Waals surface area contributed by atoms with E-state index in [4.69, 9.17) is 5.73 Å². The second kappa shape index (κ2) is 6.62. The Kier molecular flexibility index (Phi) is 6.26. The van der Waals surface area contributed by atoms with Crippen molar-refractivity contribution < 1.29 is 0 Å². The Balaban J connectivity index is 0.000000583. The van der Waals surface area contributed by atoms with Crippen molar-refractivity contribution in [1.82, 2.24) is 0 Å². The molecule has 0 saturated heterocycles. The fraction of sp³-hybridized carbons (Fsp3) is 0.571. The molecule has 1 aromatic carbocycles. The third kappa shape index (κ3) is 5.58. The first-order valence-corrected chi connectivity index (χ1v) is 5.75. The fourth-order valence-corrected chi connectivity index (χ4v) is 1.14. The van der Waals surface area contributed by atoms with Gasteiger partial charge in [0.2, 0.25) is 0 Å². The van der Waals surface area contributed by atoms with Gasteiger partial charge in [0.1, 0.15) is 0 Å². The van der Waals surface area contributed by atoms with Gasteiger partial charge in [-0.2, -0.15) is 0 Å². The third-order valence-electron chi connectivity index (χ3n) is 2.06. The molecule has 0 atom stereocenters. The molecule has 15 heavy (non-hydrogen) atoms. The van der Waals surface area contributed by atoms with Crippen molar-refractivity contribution in [3.05, 3.63) is 35.4 Å². The molecule has 0 bridgehead atoms. The molecule has 0 aliphatic rings. The van der Waals surface area contributed by atoms with Gasteiger partial charge in [0, 0.05) is 6.54 Å². The van der Waals surface area contributed by atoms with E-state index in [-0.39, 0.29) is 5.41 Å². The molecule has 1 rings (SSSR count). The van der Waals surface area contributed by atoms with Gasteiger partial charge in [-0.05, 0) is 16.5 Å². The summed E-state index contributed by atoms with van der Waals surface area (Å²) in [4.78, 5) is 0. The normalized spacial score (nSPS) is 10.5. The zero-order chi connectivity index (χ0) is 11.9. The standard InChI is InChI=1S/C11H17N.C3H8/c1-11(2,3)10-6-4-9(8-12)5-7-10;1-3-2/h4-7H,8,12H2,1-3H3;3H2,1-2H3. The van der Waals surface area contributed by atoms with Crippen molar-refractivity contribution in [1.29, 1.82) is 0 Å². The second-order valence-electron chi connectivity index (χ2n) is 4.86. The molecule has 0 radical (unpaired) electrons. The number of rotatable bonds is 1. The van der Waals surface area contributed by atoms with Crippen LogP contribution in [0.25, 0.3) is 0 Å². The lowest BCUT2D eigenvalue weighted by molar-refractivity contribution is 0.590. The van der Waals surface area contributed by atoms with Crippen molar-refractivity contribution >= 4 is 0 Å². The summed E-state index contributed by atoms with van der Waals surface area (Å²) < 4.78 is 0. The van der Waals surface area contributed by atoms with Crippen molar-refractivity contribution in [2.75, 3.05) is 0 Å². The highest BCUT2D eigenvalue weighted by atomic mass is 14.5. The van der Waals surface area contributed by atoms with Crippen LogP contribution in [-0.4, -0.2) is 0 Å². The van der Waals surface area contributed by atoms with Crippen molar-refractivity contribution in [3.63, 3.8) is 0 Å². The van der Waals surface area contributed by atoms with E-state index in [0.717, 1.165) is 0 Å². The van der Waals surface area contributed by atoms with Gasteiger partial charge < -0.3 is 5.73 Å². The van der Waals surface area contributed by atoms with Crippen LogP contribution in [-0.2, 0) is 12.0 Å². The minimum Gasteiger partial charge on any atom is -0.326 e. The largest absolute Gasteiger partial charge is 0.326 e. The maximum absolute atomic E-state index is 5.51. The Morgan fingerprint density at radius 3 is 1.67 bits per heavy atom. The van der Waals surface area contributed by atoms with Gasteiger partial charge in [-0.3, -0.25) is 0 Å². The van der Waals surface area contributed by atoms with Crippen LogP contribution in [0.15, 0.2) is 24.3 Å². The van der Waals surface area contributed by atoms with Gasteiger partial charge in [0.05, 0.1) is 0 Å². The first-order valence-electron chi connectivity index (χ1n) is 5.75. The van der Waals surface area contributed by atoms with E-state index in [9.17, 15) is 0 Å². The minimum atomic E-state index is 0.243. The quantitative estimate of drug-likeness (QED) is 0.743. The highest BCUT2D eigenvalue weighted by molar-refractivity contribution is 5.27. The lowest BCUT2D eigenvalue weighted by atomic mass is 9.87. The van der Waals surface area contributed by atoms with Gasteiger partial charge >= 0.3 is 0 Å². The van der Waals surface area contributed by atoms with E-state index in [1.807, 2.05) is 0 Å². The highest BCUT2D eigenvalue weighted by Crippen LogP contribution is 2.21. The predicted octanol–water partition coefficient (Wildman–Crippen LogP) is 3.86. The molecule has 1 nitrogen and oxygen atoms in total. The zero-order valence-electron chi connectivity index (χ0n) is 10.8. The van der Waals surface area contributed by atoms with Crippen LogP contribution in [0.5, 0.6) is 0 Å². The molecule has 0 aromatic heterocycles. The van der Waals surface area contributed by atoms with E-state index in [1.54, 1.807) is 0 Å². The lowest BCUT2D eigenvalue weighted by Gasteiger charge is -2.18. The van der Waals surface area contributed by atoms with Crippen molar-refractivity contribution in [2.24, 2.45) is 5.73 Å². The van der Waals surface area contributed by atoms with Crippen molar-refractivity contribution in [3.8, 4) is 0 Å². The molecular formula is C14H25N. The molecule has 1 heteroatoms. The van der Waals surface area contributed by atoms with Crippen LogP contribution in [0.1, 0.15) is 52.2 Å². The molecule has 2 N–H and O–H groups in total. The summed E-state index contributed by atoms with van der Waals surface area (Å²) in [6.07, 6.45) is 1.25. The summed E-state index contributed by atoms with van der Waals surface area (Å²) >= 11 is 0. The maximum Gasteiger partial charge on any atom is 0.0178 e. The molecule has 0 amide bonds. The molecule has 0 heterocycles. The molecule has 1 aromatic rings. The lowest BCUT2D eigenvalue weighted by Crippen LogP contribution is -2.10. The second-order valence-corrected chi connectivity index (χ2v) is 4.86. The van der Waals surface area contributed by atoms with Gasteiger partial charge in [-0.15, -0.1) is 0 Å². The molecular weight excluding hydrogens is 182 g/mol. The summed E-state index contributed by atoms with van der Waals surface area (Å²) in [6, 6.07) is 8.51. The molecule has 0 saturated carbocycles. The van der Waals surface area contributed by atoms with Crippen molar-refractivity contribution in [2.45, 2.75) is 53.0 Å². The average Bonchev–Trinajstić information content (AvgIpc) is 2.18. The van der Waals surface area contributed by atoms with Gasteiger partial charge in [-0.25, -0.2) is 0 Å². The molecule has 0 aliphatic heterocycles. The minimum absolute atomic E-state index is 0.243. The Morgan fingerprint density at radius 1 is 1.00 bits per heavy atom. The Hall–Kier alpha value is -0.820. The monoisotopic (exact) mass is 207 g/mol.